The Morgan fingerprint density at radius 3 is 3.05 bits per heavy atom. The van der Waals surface area contributed by atoms with Gasteiger partial charge in [-0.25, -0.2) is 4.79 Å². The third-order valence-corrected chi connectivity index (χ3v) is 3.30. The minimum absolute atomic E-state index is 0.145. The van der Waals surface area contributed by atoms with Crippen LogP contribution in [0.3, 0.4) is 0 Å². The van der Waals surface area contributed by atoms with E-state index in [-0.39, 0.29) is 12.1 Å². The van der Waals surface area contributed by atoms with Gasteiger partial charge in [-0.1, -0.05) is 6.07 Å². The molecule has 0 bridgehead atoms. The molecule has 0 saturated carbocycles. The highest BCUT2D eigenvalue weighted by Gasteiger charge is 2.16. The summed E-state index contributed by atoms with van der Waals surface area (Å²) < 4.78 is 1.71. The van der Waals surface area contributed by atoms with E-state index in [1.165, 1.54) is 4.90 Å². The number of urea groups is 1. The van der Waals surface area contributed by atoms with Crippen molar-refractivity contribution in [3.05, 3.63) is 42.5 Å². The lowest BCUT2D eigenvalue weighted by molar-refractivity contribution is 0.208. The molecule has 0 saturated heterocycles. The van der Waals surface area contributed by atoms with E-state index in [0.29, 0.717) is 18.7 Å². The number of nitrogens with zero attached hydrogens (tertiary/aromatic N) is 5. The second-order valence-corrected chi connectivity index (χ2v) is 5.00. The number of pyridine rings is 1. The Kier molecular flexibility index (Phi) is 5.09. The average molecular weight is 298 g/mol. The zero-order valence-corrected chi connectivity index (χ0v) is 12.6. The van der Waals surface area contributed by atoms with Gasteiger partial charge in [-0.05, 0) is 19.1 Å². The highest BCUT2D eigenvalue weighted by Crippen LogP contribution is 2.09. The van der Waals surface area contributed by atoms with Crippen LogP contribution in [0.1, 0.15) is 19.0 Å². The van der Waals surface area contributed by atoms with E-state index in [4.69, 9.17) is 5.26 Å². The van der Waals surface area contributed by atoms with E-state index in [2.05, 4.69) is 21.5 Å². The van der Waals surface area contributed by atoms with Gasteiger partial charge in [-0.3, -0.25) is 9.67 Å². The summed E-state index contributed by atoms with van der Waals surface area (Å²) in [6.07, 6.45) is 5.36. The molecule has 0 aromatic carbocycles. The summed E-state index contributed by atoms with van der Waals surface area (Å²) in [6.45, 7) is 2.37. The van der Waals surface area contributed by atoms with Gasteiger partial charge >= 0.3 is 6.03 Å². The van der Waals surface area contributed by atoms with Crippen molar-refractivity contribution in [3.63, 3.8) is 0 Å². The number of amides is 2. The average Bonchev–Trinajstić information content (AvgIpc) is 2.94. The Morgan fingerprint density at radius 2 is 2.36 bits per heavy atom. The molecule has 2 amide bonds. The summed E-state index contributed by atoms with van der Waals surface area (Å²) in [5, 5.41) is 15.6. The third kappa shape index (κ3) is 4.06. The van der Waals surface area contributed by atoms with Crippen LogP contribution in [0.5, 0.6) is 0 Å². The van der Waals surface area contributed by atoms with Crippen LogP contribution in [0.25, 0.3) is 0 Å². The normalized spacial score (nSPS) is 11.5. The standard InChI is InChI=1S/C15H18N6O/c1-12(6-7-16)20(2)15(22)19-14-9-18-21(11-14)10-13-5-3-4-8-17-13/h3-5,8-9,11-12H,6,10H2,1-2H3,(H,19,22)/t12-/m0/s1. The van der Waals surface area contributed by atoms with Crippen molar-refractivity contribution in [1.29, 1.82) is 5.26 Å². The van der Waals surface area contributed by atoms with Crippen molar-refractivity contribution >= 4 is 11.7 Å². The number of carbonyl (C=O) groups is 1. The zero-order valence-electron chi connectivity index (χ0n) is 12.6. The monoisotopic (exact) mass is 298 g/mol. The van der Waals surface area contributed by atoms with Gasteiger partial charge in [0.05, 0.1) is 36.6 Å². The number of hydrogen-bond acceptors (Lipinski definition) is 4. The van der Waals surface area contributed by atoms with Crippen molar-refractivity contribution in [2.75, 3.05) is 12.4 Å². The summed E-state index contributed by atoms with van der Waals surface area (Å²) in [5.41, 5.74) is 1.50. The zero-order chi connectivity index (χ0) is 15.9. The number of carbonyl (C=O) groups excluding carboxylic acids is 1. The molecule has 0 aliphatic rings. The lowest BCUT2D eigenvalue weighted by Crippen LogP contribution is -2.37. The van der Waals surface area contributed by atoms with Gasteiger partial charge in [0.25, 0.3) is 0 Å². The number of hydrogen-bond donors (Lipinski definition) is 1. The Morgan fingerprint density at radius 1 is 1.55 bits per heavy atom. The van der Waals surface area contributed by atoms with E-state index in [1.807, 2.05) is 25.1 Å². The lowest BCUT2D eigenvalue weighted by atomic mass is 10.2. The molecular formula is C15H18N6O. The number of anilines is 1. The lowest BCUT2D eigenvalue weighted by Gasteiger charge is -2.22. The number of nitriles is 1. The molecule has 1 atom stereocenters. The number of aromatic nitrogens is 3. The largest absolute Gasteiger partial charge is 0.324 e. The molecule has 0 spiro atoms. The second-order valence-electron chi connectivity index (χ2n) is 5.00. The van der Waals surface area contributed by atoms with E-state index in [9.17, 15) is 4.79 Å². The highest BCUT2D eigenvalue weighted by atomic mass is 16.2. The van der Waals surface area contributed by atoms with Gasteiger partial charge in [0.1, 0.15) is 0 Å². The summed E-state index contributed by atoms with van der Waals surface area (Å²) in [7, 11) is 1.66. The highest BCUT2D eigenvalue weighted by molar-refractivity contribution is 5.89. The smallest absolute Gasteiger partial charge is 0.321 e. The Hall–Kier alpha value is -2.88. The van der Waals surface area contributed by atoms with Gasteiger partial charge in [-0.15, -0.1) is 0 Å². The first-order chi connectivity index (χ1) is 10.6. The SMILES string of the molecule is C[C@@H](CC#N)N(C)C(=O)Nc1cnn(Cc2ccccn2)c1. The van der Waals surface area contributed by atoms with Crippen LogP contribution in [0.4, 0.5) is 10.5 Å². The molecule has 2 heterocycles. The van der Waals surface area contributed by atoms with Crippen LogP contribution in [0.2, 0.25) is 0 Å². The van der Waals surface area contributed by atoms with Gasteiger partial charge in [0.2, 0.25) is 0 Å². The van der Waals surface area contributed by atoms with Crippen molar-refractivity contribution in [3.8, 4) is 6.07 Å². The molecule has 0 radical (unpaired) electrons. The molecule has 0 aliphatic carbocycles. The summed E-state index contributed by atoms with van der Waals surface area (Å²) in [6, 6.07) is 7.33. The van der Waals surface area contributed by atoms with Crippen molar-refractivity contribution in [2.24, 2.45) is 0 Å². The molecule has 22 heavy (non-hydrogen) atoms. The fourth-order valence-corrected chi connectivity index (χ4v) is 1.85. The summed E-state index contributed by atoms with van der Waals surface area (Å²) >= 11 is 0. The fourth-order valence-electron chi connectivity index (χ4n) is 1.85. The Labute approximate surface area is 129 Å². The van der Waals surface area contributed by atoms with Crippen molar-refractivity contribution in [2.45, 2.75) is 25.9 Å². The third-order valence-electron chi connectivity index (χ3n) is 3.30. The quantitative estimate of drug-likeness (QED) is 0.915. The predicted octanol–water partition coefficient (Wildman–Crippen LogP) is 2.09. The number of nitrogens with one attached hydrogen (secondary N) is 1. The molecule has 1 N–H and O–H groups in total. The molecule has 114 valence electrons. The van der Waals surface area contributed by atoms with E-state index >= 15 is 0 Å². The molecule has 7 heteroatoms. The minimum atomic E-state index is -0.264. The van der Waals surface area contributed by atoms with Gasteiger partial charge in [0, 0.05) is 25.5 Å². The van der Waals surface area contributed by atoms with E-state index in [0.717, 1.165) is 5.69 Å². The summed E-state index contributed by atoms with van der Waals surface area (Å²) in [5.74, 6) is 0. The Bertz CT molecular complexity index is 660. The Balaban J connectivity index is 1.94. The first kappa shape index (κ1) is 15.5. The van der Waals surface area contributed by atoms with E-state index in [1.54, 1.807) is 30.3 Å². The molecule has 0 aliphatic heterocycles. The first-order valence-corrected chi connectivity index (χ1v) is 6.93. The van der Waals surface area contributed by atoms with Crippen molar-refractivity contribution < 1.29 is 4.79 Å². The van der Waals surface area contributed by atoms with E-state index < -0.39 is 0 Å². The van der Waals surface area contributed by atoms with Gasteiger partial charge in [0.15, 0.2) is 0 Å². The van der Waals surface area contributed by atoms with Crippen LogP contribution >= 0.6 is 0 Å². The first-order valence-electron chi connectivity index (χ1n) is 6.93. The molecular weight excluding hydrogens is 280 g/mol. The van der Waals surface area contributed by atoms with Crippen LogP contribution in [-0.4, -0.2) is 38.8 Å². The van der Waals surface area contributed by atoms with Gasteiger partial charge < -0.3 is 10.2 Å². The van der Waals surface area contributed by atoms with Gasteiger partial charge in [-0.2, -0.15) is 10.4 Å². The maximum atomic E-state index is 12.1. The number of rotatable bonds is 5. The van der Waals surface area contributed by atoms with Crippen molar-refractivity contribution in [1.82, 2.24) is 19.7 Å². The maximum Gasteiger partial charge on any atom is 0.321 e. The summed E-state index contributed by atoms with van der Waals surface area (Å²) in [4.78, 5) is 17.8. The van der Waals surface area contributed by atoms with Crippen LogP contribution in [-0.2, 0) is 6.54 Å². The molecule has 0 fully saturated rings. The minimum Gasteiger partial charge on any atom is -0.324 e. The molecule has 2 rings (SSSR count). The van der Waals surface area contributed by atoms with Crippen LogP contribution < -0.4 is 5.32 Å². The molecule has 0 unspecified atom stereocenters. The fraction of sp³-hybridized carbons (Fsp3) is 0.333. The maximum absolute atomic E-state index is 12.1. The van der Waals surface area contributed by atoms with Crippen LogP contribution in [0.15, 0.2) is 36.8 Å². The predicted molar refractivity (Wildman–Crippen MR) is 82.0 cm³/mol. The molecule has 7 nitrogen and oxygen atoms in total. The molecule has 2 aromatic heterocycles. The topological polar surface area (TPSA) is 86.8 Å². The second kappa shape index (κ2) is 7.22. The molecule has 2 aromatic rings. The van der Waals surface area contributed by atoms with Crippen LogP contribution in [0, 0.1) is 11.3 Å².